The smallest absolute Gasteiger partial charge is 0.423 e. The van der Waals surface area contributed by atoms with Crippen molar-refractivity contribution in [2.45, 2.75) is 19.8 Å². The van der Waals surface area contributed by atoms with Crippen molar-refractivity contribution in [3.8, 4) is 11.1 Å². The molecule has 0 heterocycles. The van der Waals surface area contributed by atoms with E-state index in [9.17, 15) is 10.0 Å². The fourth-order valence-corrected chi connectivity index (χ4v) is 2.27. The number of rotatable bonds is 4. The van der Waals surface area contributed by atoms with Gasteiger partial charge in [-0.15, -0.1) is 0 Å². The first-order chi connectivity index (χ1) is 8.74. The van der Waals surface area contributed by atoms with Crippen molar-refractivity contribution < 1.29 is 10.0 Å². The van der Waals surface area contributed by atoms with E-state index in [1.807, 2.05) is 48.5 Å². The van der Waals surface area contributed by atoms with Crippen LogP contribution >= 0.6 is 0 Å². The maximum Gasteiger partial charge on any atom is 0.489 e. The zero-order chi connectivity index (χ0) is 13.0. The third-order valence-electron chi connectivity index (χ3n) is 3.06. The molecule has 0 atom stereocenters. The number of benzene rings is 2. The predicted octanol–water partition coefficient (Wildman–Crippen LogP) is 1.99. The molecular formula is C15H17BO2. The summed E-state index contributed by atoms with van der Waals surface area (Å²) in [5.74, 6) is 0. The molecule has 2 aromatic rings. The van der Waals surface area contributed by atoms with Crippen LogP contribution in [0.1, 0.15) is 18.9 Å². The van der Waals surface area contributed by atoms with Gasteiger partial charge in [0.1, 0.15) is 0 Å². The van der Waals surface area contributed by atoms with Crippen LogP contribution in [0.3, 0.4) is 0 Å². The van der Waals surface area contributed by atoms with Gasteiger partial charge in [0.25, 0.3) is 0 Å². The Morgan fingerprint density at radius 2 is 1.67 bits per heavy atom. The maximum atomic E-state index is 9.63. The zero-order valence-corrected chi connectivity index (χ0v) is 10.5. The van der Waals surface area contributed by atoms with Crippen molar-refractivity contribution in [3.63, 3.8) is 0 Å². The first-order valence-electron chi connectivity index (χ1n) is 6.27. The van der Waals surface area contributed by atoms with Crippen LogP contribution in [-0.4, -0.2) is 17.2 Å². The van der Waals surface area contributed by atoms with Crippen molar-refractivity contribution in [1.29, 1.82) is 0 Å². The second-order valence-corrected chi connectivity index (χ2v) is 4.37. The topological polar surface area (TPSA) is 40.5 Å². The minimum Gasteiger partial charge on any atom is -0.423 e. The van der Waals surface area contributed by atoms with Gasteiger partial charge in [-0.1, -0.05) is 61.9 Å². The Kier molecular flexibility index (Phi) is 4.18. The average molecular weight is 240 g/mol. The van der Waals surface area contributed by atoms with E-state index in [2.05, 4.69) is 6.92 Å². The van der Waals surface area contributed by atoms with Crippen molar-refractivity contribution in [2.24, 2.45) is 0 Å². The minimum atomic E-state index is -1.43. The summed E-state index contributed by atoms with van der Waals surface area (Å²) in [5, 5.41) is 19.3. The second-order valence-electron chi connectivity index (χ2n) is 4.37. The van der Waals surface area contributed by atoms with Crippen molar-refractivity contribution >= 4 is 12.6 Å². The van der Waals surface area contributed by atoms with Gasteiger partial charge < -0.3 is 10.0 Å². The Bertz CT molecular complexity index is 509. The Balaban J connectivity index is 2.56. The molecule has 92 valence electrons. The van der Waals surface area contributed by atoms with Gasteiger partial charge in [-0.05, 0) is 28.6 Å². The van der Waals surface area contributed by atoms with Crippen LogP contribution in [0.25, 0.3) is 11.1 Å². The molecule has 0 aromatic heterocycles. The average Bonchev–Trinajstić information content (AvgIpc) is 2.39. The Labute approximate surface area is 108 Å². The second kappa shape index (κ2) is 5.85. The lowest BCUT2D eigenvalue weighted by atomic mass is 9.71. The first-order valence-corrected chi connectivity index (χ1v) is 6.27. The summed E-state index contributed by atoms with van der Waals surface area (Å²) in [6, 6.07) is 15.7. The lowest BCUT2D eigenvalue weighted by Gasteiger charge is -2.14. The molecule has 0 aliphatic rings. The van der Waals surface area contributed by atoms with Crippen molar-refractivity contribution in [2.75, 3.05) is 0 Å². The number of aryl methyl sites for hydroxylation is 1. The van der Waals surface area contributed by atoms with Crippen LogP contribution in [0.5, 0.6) is 0 Å². The van der Waals surface area contributed by atoms with Crippen molar-refractivity contribution in [3.05, 3.63) is 54.1 Å². The van der Waals surface area contributed by atoms with Crippen LogP contribution in [-0.2, 0) is 6.42 Å². The molecule has 0 aliphatic heterocycles. The quantitative estimate of drug-likeness (QED) is 0.802. The van der Waals surface area contributed by atoms with Crippen molar-refractivity contribution in [1.82, 2.24) is 0 Å². The molecule has 0 unspecified atom stereocenters. The van der Waals surface area contributed by atoms with Gasteiger partial charge >= 0.3 is 7.12 Å². The fraction of sp³-hybridized carbons (Fsp3) is 0.200. The zero-order valence-electron chi connectivity index (χ0n) is 10.5. The molecule has 18 heavy (non-hydrogen) atoms. The molecule has 3 heteroatoms. The molecule has 0 fully saturated rings. The molecule has 0 bridgehead atoms. The Morgan fingerprint density at radius 3 is 2.28 bits per heavy atom. The van der Waals surface area contributed by atoms with Crippen LogP contribution in [0.15, 0.2) is 48.5 Å². The third kappa shape index (κ3) is 2.63. The molecule has 2 nitrogen and oxygen atoms in total. The molecule has 0 amide bonds. The van der Waals surface area contributed by atoms with Gasteiger partial charge in [0.05, 0.1) is 0 Å². The highest BCUT2D eigenvalue weighted by Gasteiger charge is 2.20. The van der Waals surface area contributed by atoms with E-state index in [4.69, 9.17) is 0 Å². The highest BCUT2D eigenvalue weighted by Crippen LogP contribution is 2.19. The monoisotopic (exact) mass is 240 g/mol. The van der Waals surface area contributed by atoms with E-state index in [0.29, 0.717) is 5.46 Å². The molecule has 0 saturated carbocycles. The summed E-state index contributed by atoms with van der Waals surface area (Å²) in [6.07, 6.45) is 1.84. The highest BCUT2D eigenvalue weighted by atomic mass is 16.4. The van der Waals surface area contributed by atoms with Gasteiger partial charge in [-0.3, -0.25) is 0 Å². The lowest BCUT2D eigenvalue weighted by molar-refractivity contribution is 0.425. The number of hydrogen-bond acceptors (Lipinski definition) is 2. The third-order valence-corrected chi connectivity index (χ3v) is 3.06. The molecule has 2 N–H and O–H groups in total. The summed E-state index contributed by atoms with van der Waals surface area (Å²) in [5.41, 5.74) is 3.55. The molecule has 2 aromatic carbocycles. The van der Waals surface area contributed by atoms with Gasteiger partial charge in [-0.2, -0.15) is 0 Å². The van der Waals surface area contributed by atoms with Crippen LogP contribution in [0, 0.1) is 0 Å². The molecular weight excluding hydrogens is 223 g/mol. The minimum absolute atomic E-state index is 0.630. The van der Waals surface area contributed by atoms with E-state index in [1.54, 1.807) is 0 Å². The standard InChI is InChI=1S/C15H17BO2/c1-2-7-13-10-6-11-14(15(13)16(17)18)12-8-4-3-5-9-12/h3-6,8-11,17-18H,2,7H2,1H3. The van der Waals surface area contributed by atoms with Gasteiger partial charge in [0, 0.05) is 0 Å². The highest BCUT2D eigenvalue weighted by molar-refractivity contribution is 6.61. The van der Waals surface area contributed by atoms with E-state index >= 15 is 0 Å². The predicted molar refractivity (Wildman–Crippen MR) is 75.7 cm³/mol. The van der Waals surface area contributed by atoms with Crippen LogP contribution < -0.4 is 5.46 Å². The van der Waals surface area contributed by atoms with E-state index in [0.717, 1.165) is 29.5 Å². The lowest BCUT2D eigenvalue weighted by Crippen LogP contribution is -2.34. The van der Waals surface area contributed by atoms with Gasteiger partial charge in [0.2, 0.25) is 0 Å². The first kappa shape index (κ1) is 12.9. The summed E-state index contributed by atoms with van der Waals surface area (Å²) in [7, 11) is -1.43. The molecule has 2 rings (SSSR count). The van der Waals surface area contributed by atoms with E-state index < -0.39 is 7.12 Å². The van der Waals surface area contributed by atoms with Crippen LogP contribution in [0.2, 0.25) is 0 Å². The Morgan fingerprint density at radius 1 is 0.944 bits per heavy atom. The van der Waals surface area contributed by atoms with E-state index in [-0.39, 0.29) is 0 Å². The SMILES string of the molecule is CCCc1cccc(-c2ccccc2)c1B(O)O. The fourth-order valence-electron chi connectivity index (χ4n) is 2.27. The summed E-state index contributed by atoms with van der Waals surface area (Å²) >= 11 is 0. The normalized spacial score (nSPS) is 10.4. The Hall–Kier alpha value is -1.58. The maximum absolute atomic E-state index is 9.63. The van der Waals surface area contributed by atoms with Gasteiger partial charge in [0.15, 0.2) is 0 Å². The summed E-state index contributed by atoms with van der Waals surface area (Å²) in [4.78, 5) is 0. The molecule has 0 aliphatic carbocycles. The summed E-state index contributed by atoms with van der Waals surface area (Å²) in [6.45, 7) is 2.09. The number of hydrogen-bond donors (Lipinski definition) is 2. The van der Waals surface area contributed by atoms with Gasteiger partial charge in [-0.25, -0.2) is 0 Å². The summed E-state index contributed by atoms with van der Waals surface area (Å²) < 4.78 is 0. The molecule has 0 spiro atoms. The largest absolute Gasteiger partial charge is 0.489 e. The molecule has 0 radical (unpaired) electrons. The molecule has 0 saturated heterocycles. The van der Waals surface area contributed by atoms with Crippen LogP contribution in [0.4, 0.5) is 0 Å². The van der Waals surface area contributed by atoms with E-state index in [1.165, 1.54) is 0 Å².